The van der Waals surface area contributed by atoms with E-state index in [1.807, 2.05) is 17.8 Å². The first-order valence-corrected chi connectivity index (χ1v) is 6.04. The number of nitrogens with zero attached hydrogens (tertiary/aromatic N) is 2. The van der Waals surface area contributed by atoms with Gasteiger partial charge >= 0.3 is 0 Å². The van der Waals surface area contributed by atoms with Gasteiger partial charge in [-0.15, -0.1) is 0 Å². The lowest BCUT2D eigenvalue weighted by molar-refractivity contribution is 0.112. The van der Waals surface area contributed by atoms with Crippen LogP contribution in [0.5, 0.6) is 11.5 Å². The molecule has 1 aromatic heterocycles. The van der Waals surface area contributed by atoms with Gasteiger partial charge in [-0.3, -0.25) is 9.48 Å². The molecule has 0 saturated carbocycles. The molecule has 0 fully saturated rings. The van der Waals surface area contributed by atoms with Crippen molar-refractivity contribution in [3.05, 3.63) is 41.7 Å². The summed E-state index contributed by atoms with van der Waals surface area (Å²) in [5.41, 5.74) is 1.53. The Balaban J connectivity index is 2.11. The number of aromatic nitrogens is 2. The first kappa shape index (κ1) is 13.1. The molecule has 0 unspecified atom stereocenters. The molecule has 0 atom stereocenters. The highest BCUT2D eigenvalue weighted by atomic mass is 16.5. The largest absolute Gasteiger partial charge is 0.493 e. The van der Waals surface area contributed by atoms with Gasteiger partial charge in [-0.2, -0.15) is 5.10 Å². The summed E-state index contributed by atoms with van der Waals surface area (Å²) in [5, 5.41) is 4.17. The van der Waals surface area contributed by atoms with Gasteiger partial charge in [0, 0.05) is 23.9 Å². The van der Waals surface area contributed by atoms with E-state index in [-0.39, 0.29) is 0 Å². The van der Waals surface area contributed by atoms with Crippen LogP contribution in [-0.4, -0.2) is 23.2 Å². The van der Waals surface area contributed by atoms with E-state index in [9.17, 15) is 4.79 Å². The summed E-state index contributed by atoms with van der Waals surface area (Å²) in [6.45, 7) is 3.23. The minimum atomic E-state index is 0.388. The summed E-state index contributed by atoms with van der Waals surface area (Å²) in [6, 6.07) is 5.07. The Kier molecular flexibility index (Phi) is 4.18. The van der Waals surface area contributed by atoms with Gasteiger partial charge in [0.25, 0.3) is 0 Å². The highest BCUT2D eigenvalue weighted by Gasteiger charge is 2.06. The second kappa shape index (κ2) is 6.04. The van der Waals surface area contributed by atoms with Crippen LogP contribution >= 0.6 is 0 Å². The van der Waals surface area contributed by atoms with E-state index in [1.165, 1.54) is 0 Å². The van der Waals surface area contributed by atoms with E-state index in [1.54, 1.807) is 31.5 Å². The SMILES string of the molecule is CCn1cc(COc2cc(C=O)ccc2OC)cn1. The maximum absolute atomic E-state index is 10.8. The fraction of sp³-hybridized carbons (Fsp3) is 0.286. The average molecular weight is 260 g/mol. The van der Waals surface area contributed by atoms with Crippen molar-refractivity contribution in [1.82, 2.24) is 9.78 Å². The third kappa shape index (κ3) is 3.13. The molecule has 0 amide bonds. The molecule has 0 aliphatic rings. The van der Waals surface area contributed by atoms with E-state index in [2.05, 4.69) is 5.10 Å². The molecule has 2 rings (SSSR count). The molecule has 0 aliphatic carbocycles. The predicted molar refractivity (Wildman–Crippen MR) is 70.6 cm³/mol. The lowest BCUT2D eigenvalue weighted by Crippen LogP contribution is -1.98. The summed E-state index contributed by atoms with van der Waals surface area (Å²) in [6.07, 6.45) is 4.47. The van der Waals surface area contributed by atoms with Crippen molar-refractivity contribution in [2.75, 3.05) is 7.11 Å². The van der Waals surface area contributed by atoms with Crippen LogP contribution in [0.2, 0.25) is 0 Å². The highest BCUT2D eigenvalue weighted by Crippen LogP contribution is 2.28. The molecule has 100 valence electrons. The van der Waals surface area contributed by atoms with Gasteiger partial charge in [0.2, 0.25) is 0 Å². The molecular weight excluding hydrogens is 244 g/mol. The summed E-state index contributed by atoms with van der Waals surface area (Å²) in [7, 11) is 1.57. The van der Waals surface area contributed by atoms with Crippen LogP contribution in [-0.2, 0) is 13.2 Å². The van der Waals surface area contributed by atoms with Crippen LogP contribution in [0.4, 0.5) is 0 Å². The Hall–Kier alpha value is -2.30. The molecule has 0 spiro atoms. The number of hydrogen-bond donors (Lipinski definition) is 0. The molecule has 0 saturated heterocycles. The number of methoxy groups -OCH3 is 1. The summed E-state index contributed by atoms with van der Waals surface area (Å²) >= 11 is 0. The van der Waals surface area contributed by atoms with E-state index in [4.69, 9.17) is 9.47 Å². The van der Waals surface area contributed by atoms with E-state index in [0.29, 0.717) is 23.7 Å². The lowest BCUT2D eigenvalue weighted by Gasteiger charge is -2.10. The van der Waals surface area contributed by atoms with Crippen molar-refractivity contribution in [2.24, 2.45) is 0 Å². The van der Waals surface area contributed by atoms with Crippen LogP contribution in [0, 0.1) is 0 Å². The maximum atomic E-state index is 10.8. The van der Waals surface area contributed by atoms with Gasteiger partial charge < -0.3 is 9.47 Å². The molecule has 0 bridgehead atoms. The second-order valence-corrected chi connectivity index (χ2v) is 4.02. The lowest BCUT2D eigenvalue weighted by atomic mass is 10.2. The maximum Gasteiger partial charge on any atom is 0.162 e. The molecule has 0 radical (unpaired) electrons. The monoisotopic (exact) mass is 260 g/mol. The fourth-order valence-electron chi connectivity index (χ4n) is 1.69. The molecule has 0 aliphatic heterocycles. The van der Waals surface area contributed by atoms with Gasteiger partial charge in [0.05, 0.1) is 13.3 Å². The number of benzene rings is 1. The third-order valence-corrected chi connectivity index (χ3v) is 2.73. The molecular formula is C14H16N2O3. The Morgan fingerprint density at radius 3 is 2.84 bits per heavy atom. The topological polar surface area (TPSA) is 53.4 Å². The number of rotatable bonds is 6. The molecule has 1 aromatic carbocycles. The first-order chi connectivity index (χ1) is 9.26. The summed E-state index contributed by atoms with van der Waals surface area (Å²) in [4.78, 5) is 10.8. The summed E-state index contributed by atoms with van der Waals surface area (Å²) in [5.74, 6) is 1.16. The van der Waals surface area contributed by atoms with Crippen LogP contribution in [0.15, 0.2) is 30.6 Å². The van der Waals surface area contributed by atoms with Crippen molar-refractivity contribution >= 4 is 6.29 Å². The smallest absolute Gasteiger partial charge is 0.162 e. The molecule has 2 aromatic rings. The van der Waals surface area contributed by atoms with Gasteiger partial charge in [-0.1, -0.05) is 0 Å². The zero-order valence-corrected chi connectivity index (χ0v) is 11.0. The Morgan fingerprint density at radius 1 is 1.37 bits per heavy atom. The van der Waals surface area contributed by atoms with E-state index < -0.39 is 0 Å². The predicted octanol–water partition coefficient (Wildman–Crippen LogP) is 2.30. The van der Waals surface area contributed by atoms with Crippen molar-refractivity contribution in [1.29, 1.82) is 0 Å². The van der Waals surface area contributed by atoms with Crippen molar-refractivity contribution < 1.29 is 14.3 Å². The van der Waals surface area contributed by atoms with Crippen molar-refractivity contribution in [2.45, 2.75) is 20.1 Å². The molecule has 5 nitrogen and oxygen atoms in total. The Labute approximate surface area is 111 Å². The standard InChI is InChI=1S/C14H16N2O3/c1-3-16-8-12(7-15-16)10-19-14-6-11(9-17)4-5-13(14)18-2/h4-9H,3,10H2,1-2H3. The quantitative estimate of drug-likeness (QED) is 0.748. The third-order valence-electron chi connectivity index (χ3n) is 2.73. The molecule has 0 N–H and O–H groups in total. The van der Waals surface area contributed by atoms with Crippen LogP contribution in [0.1, 0.15) is 22.8 Å². The number of ether oxygens (including phenoxy) is 2. The zero-order valence-electron chi connectivity index (χ0n) is 11.0. The molecule has 19 heavy (non-hydrogen) atoms. The fourth-order valence-corrected chi connectivity index (χ4v) is 1.69. The van der Waals surface area contributed by atoms with Crippen molar-refractivity contribution in [3.8, 4) is 11.5 Å². The van der Waals surface area contributed by atoms with Crippen LogP contribution in [0.25, 0.3) is 0 Å². The number of aldehydes is 1. The van der Waals surface area contributed by atoms with Gasteiger partial charge in [0.1, 0.15) is 12.9 Å². The zero-order chi connectivity index (χ0) is 13.7. The number of hydrogen-bond acceptors (Lipinski definition) is 4. The number of carbonyl (C=O) groups is 1. The Bertz CT molecular complexity index is 564. The molecule has 5 heteroatoms. The average Bonchev–Trinajstić information content (AvgIpc) is 2.92. The van der Waals surface area contributed by atoms with Crippen LogP contribution in [0.3, 0.4) is 0 Å². The summed E-state index contributed by atoms with van der Waals surface area (Å²) < 4.78 is 12.7. The molecule has 1 heterocycles. The van der Waals surface area contributed by atoms with Crippen molar-refractivity contribution in [3.63, 3.8) is 0 Å². The number of aryl methyl sites for hydroxylation is 1. The Morgan fingerprint density at radius 2 is 2.21 bits per heavy atom. The van der Waals surface area contributed by atoms with Gasteiger partial charge in [-0.25, -0.2) is 0 Å². The minimum Gasteiger partial charge on any atom is -0.493 e. The van der Waals surface area contributed by atoms with E-state index in [0.717, 1.165) is 18.4 Å². The highest BCUT2D eigenvalue weighted by molar-refractivity contribution is 5.76. The minimum absolute atomic E-state index is 0.388. The first-order valence-electron chi connectivity index (χ1n) is 6.04. The van der Waals surface area contributed by atoms with Gasteiger partial charge in [0.15, 0.2) is 11.5 Å². The van der Waals surface area contributed by atoms with E-state index >= 15 is 0 Å². The number of carbonyl (C=O) groups excluding carboxylic acids is 1. The second-order valence-electron chi connectivity index (χ2n) is 4.02. The normalized spacial score (nSPS) is 10.2. The van der Waals surface area contributed by atoms with Crippen LogP contribution < -0.4 is 9.47 Å². The van der Waals surface area contributed by atoms with Gasteiger partial charge in [-0.05, 0) is 25.1 Å².